The van der Waals surface area contributed by atoms with Crippen molar-refractivity contribution in [2.45, 2.75) is 33.2 Å². The Morgan fingerprint density at radius 1 is 1.44 bits per heavy atom. The summed E-state index contributed by atoms with van der Waals surface area (Å²) in [6, 6.07) is 0. The number of rotatable bonds is 1. The van der Waals surface area contributed by atoms with Gasteiger partial charge in [-0.25, -0.2) is 0 Å². The largest absolute Gasteiger partial charge is 0.412 e. The number of hydrogen-bond acceptors (Lipinski definition) is 1. The van der Waals surface area contributed by atoms with Crippen molar-refractivity contribution in [1.82, 2.24) is 0 Å². The Morgan fingerprint density at radius 2 is 1.78 bits per heavy atom. The molecular weight excluding hydrogens is 114 g/mol. The van der Waals surface area contributed by atoms with E-state index in [0.29, 0.717) is 0 Å². The zero-order valence-electron chi connectivity index (χ0n) is 6.65. The summed E-state index contributed by atoms with van der Waals surface area (Å²) in [7, 11) is 0. The summed E-state index contributed by atoms with van der Waals surface area (Å²) < 4.78 is 0. The van der Waals surface area contributed by atoms with Gasteiger partial charge >= 0.3 is 0 Å². The molecule has 0 saturated heterocycles. The Bertz CT molecular complexity index is 100.0. The van der Waals surface area contributed by atoms with Crippen molar-refractivity contribution in [2.24, 2.45) is 5.73 Å². The van der Waals surface area contributed by atoms with Crippen LogP contribution in [-0.2, 0) is 0 Å². The van der Waals surface area contributed by atoms with Crippen LogP contribution in [-0.4, -0.2) is 11.0 Å². The fourth-order valence-electron chi connectivity index (χ4n) is 0.372. The minimum Gasteiger partial charge on any atom is -0.412 e. The molecule has 9 heavy (non-hydrogen) atoms. The summed E-state index contributed by atoms with van der Waals surface area (Å²) in [4.78, 5) is 0. The molecule has 0 bridgehead atoms. The van der Waals surface area contributed by atoms with Gasteiger partial charge in [-0.1, -0.05) is 11.6 Å². The SMILES string of the molecule is CC=C(C)C(C)(C)N.O. The summed E-state index contributed by atoms with van der Waals surface area (Å²) in [5.74, 6) is 0. The molecule has 0 heterocycles. The van der Waals surface area contributed by atoms with E-state index in [1.165, 1.54) is 5.57 Å². The highest BCUT2D eigenvalue weighted by Gasteiger charge is 2.10. The Balaban J connectivity index is 0. The van der Waals surface area contributed by atoms with Crippen LogP contribution < -0.4 is 5.73 Å². The fourth-order valence-corrected chi connectivity index (χ4v) is 0.372. The summed E-state index contributed by atoms with van der Waals surface area (Å²) in [5, 5.41) is 0. The number of nitrogens with two attached hydrogens (primary N) is 1. The molecule has 0 aromatic rings. The van der Waals surface area contributed by atoms with E-state index >= 15 is 0 Å². The topological polar surface area (TPSA) is 57.5 Å². The molecule has 0 unspecified atom stereocenters. The molecule has 0 amide bonds. The van der Waals surface area contributed by atoms with Crippen LogP contribution in [0.1, 0.15) is 27.7 Å². The second kappa shape index (κ2) is 3.64. The van der Waals surface area contributed by atoms with Gasteiger partial charge in [0.05, 0.1) is 0 Å². The average Bonchev–Trinajstić information content (AvgIpc) is 1.62. The lowest BCUT2D eigenvalue weighted by Crippen LogP contribution is -2.32. The van der Waals surface area contributed by atoms with Gasteiger partial charge in [0, 0.05) is 5.54 Å². The van der Waals surface area contributed by atoms with Gasteiger partial charge in [0.1, 0.15) is 0 Å². The van der Waals surface area contributed by atoms with E-state index in [2.05, 4.69) is 0 Å². The maximum absolute atomic E-state index is 5.72. The molecule has 0 atom stereocenters. The van der Waals surface area contributed by atoms with Gasteiger partial charge < -0.3 is 11.2 Å². The van der Waals surface area contributed by atoms with Crippen molar-refractivity contribution in [3.05, 3.63) is 11.6 Å². The van der Waals surface area contributed by atoms with Crippen molar-refractivity contribution in [1.29, 1.82) is 0 Å². The zero-order chi connectivity index (χ0) is 6.78. The van der Waals surface area contributed by atoms with Gasteiger partial charge in [-0.3, -0.25) is 0 Å². The third-order valence-electron chi connectivity index (χ3n) is 1.45. The van der Waals surface area contributed by atoms with Crippen LogP contribution in [0.4, 0.5) is 0 Å². The fraction of sp³-hybridized carbons (Fsp3) is 0.714. The first-order chi connectivity index (χ1) is 3.48. The monoisotopic (exact) mass is 131 g/mol. The Kier molecular flexibility index (Phi) is 4.63. The van der Waals surface area contributed by atoms with Gasteiger partial charge in [0.2, 0.25) is 0 Å². The summed E-state index contributed by atoms with van der Waals surface area (Å²) in [5.41, 5.74) is 6.82. The molecule has 0 aliphatic rings. The standard InChI is InChI=1S/C7H15N.H2O/c1-5-6(2)7(3,4)8;/h5H,8H2,1-4H3;1H2. The summed E-state index contributed by atoms with van der Waals surface area (Å²) in [6.45, 7) is 8.05. The number of allylic oxidation sites excluding steroid dienone is 1. The van der Waals surface area contributed by atoms with Crippen molar-refractivity contribution in [3.63, 3.8) is 0 Å². The van der Waals surface area contributed by atoms with E-state index in [0.717, 1.165) is 0 Å². The predicted molar refractivity (Wildman–Crippen MR) is 41.3 cm³/mol. The maximum atomic E-state index is 5.72. The minimum absolute atomic E-state index is 0. The van der Waals surface area contributed by atoms with Crippen LogP contribution >= 0.6 is 0 Å². The van der Waals surface area contributed by atoms with Crippen molar-refractivity contribution in [3.8, 4) is 0 Å². The van der Waals surface area contributed by atoms with E-state index in [1.807, 2.05) is 33.8 Å². The molecule has 4 N–H and O–H groups in total. The molecule has 0 radical (unpaired) electrons. The Hall–Kier alpha value is -0.340. The van der Waals surface area contributed by atoms with Crippen molar-refractivity contribution in [2.75, 3.05) is 0 Å². The molecule has 0 aromatic heterocycles. The molecule has 0 aliphatic heterocycles. The smallest absolute Gasteiger partial charge is 0.0308 e. The molecule has 2 nitrogen and oxygen atoms in total. The molecule has 0 fully saturated rings. The lowest BCUT2D eigenvalue weighted by molar-refractivity contribution is 0.610. The summed E-state index contributed by atoms with van der Waals surface area (Å²) in [6.07, 6.45) is 2.04. The van der Waals surface area contributed by atoms with E-state index in [1.54, 1.807) is 0 Å². The van der Waals surface area contributed by atoms with Crippen LogP contribution in [0.2, 0.25) is 0 Å². The van der Waals surface area contributed by atoms with Gasteiger partial charge in [0.25, 0.3) is 0 Å². The second-order valence-corrected chi connectivity index (χ2v) is 2.69. The van der Waals surface area contributed by atoms with Crippen molar-refractivity contribution >= 4 is 0 Å². The highest BCUT2D eigenvalue weighted by Crippen LogP contribution is 2.09. The van der Waals surface area contributed by atoms with Gasteiger partial charge in [-0.05, 0) is 27.7 Å². The average molecular weight is 131 g/mol. The molecule has 56 valence electrons. The lowest BCUT2D eigenvalue weighted by Gasteiger charge is -2.18. The highest BCUT2D eigenvalue weighted by molar-refractivity contribution is 5.11. The van der Waals surface area contributed by atoms with E-state index in [4.69, 9.17) is 5.73 Å². The van der Waals surface area contributed by atoms with E-state index in [-0.39, 0.29) is 11.0 Å². The third-order valence-corrected chi connectivity index (χ3v) is 1.45. The van der Waals surface area contributed by atoms with Gasteiger partial charge in [-0.2, -0.15) is 0 Å². The van der Waals surface area contributed by atoms with Crippen LogP contribution in [0.15, 0.2) is 11.6 Å². The predicted octanol–water partition coefficient (Wildman–Crippen LogP) is 0.865. The molecular formula is C7H17NO. The number of hydrogen-bond donors (Lipinski definition) is 1. The molecule has 0 aliphatic carbocycles. The normalized spacial score (nSPS) is 12.8. The first kappa shape index (κ1) is 11.5. The van der Waals surface area contributed by atoms with Crippen LogP contribution in [0.25, 0.3) is 0 Å². The third kappa shape index (κ3) is 4.18. The van der Waals surface area contributed by atoms with Crippen LogP contribution in [0.3, 0.4) is 0 Å². The molecule has 0 saturated carbocycles. The van der Waals surface area contributed by atoms with E-state index < -0.39 is 0 Å². The Labute approximate surface area is 57.1 Å². The zero-order valence-corrected chi connectivity index (χ0v) is 6.65. The molecule has 0 aromatic carbocycles. The highest BCUT2D eigenvalue weighted by atomic mass is 16.0. The summed E-state index contributed by atoms with van der Waals surface area (Å²) >= 11 is 0. The lowest BCUT2D eigenvalue weighted by atomic mass is 9.97. The van der Waals surface area contributed by atoms with Crippen molar-refractivity contribution < 1.29 is 5.48 Å². The minimum atomic E-state index is -0.130. The Morgan fingerprint density at radius 3 is 1.78 bits per heavy atom. The second-order valence-electron chi connectivity index (χ2n) is 2.69. The first-order valence-electron chi connectivity index (χ1n) is 2.90. The maximum Gasteiger partial charge on any atom is 0.0308 e. The van der Waals surface area contributed by atoms with E-state index in [9.17, 15) is 0 Å². The first-order valence-corrected chi connectivity index (χ1v) is 2.90. The van der Waals surface area contributed by atoms with Crippen LogP contribution in [0, 0.1) is 0 Å². The molecule has 0 spiro atoms. The van der Waals surface area contributed by atoms with Gasteiger partial charge in [0.15, 0.2) is 0 Å². The molecule has 2 heteroatoms. The molecule has 0 rings (SSSR count). The van der Waals surface area contributed by atoms with Crippen LogP contribution in [0.5, 0.6) is 0 Å². The quantitative estimate of drug-likeness (QED) is 0.527. The van der Waals surface area contributed by atoms with Gasteiger partial charge in [-0.15, -0.1) is 0 Å².